The minimum absolute atomic E-state index is 0.182. The zero-order valence-corrected chi connectivity index (χ0v) is 13.8. The van der Waals surface area contributed by atoms with Crippen molar-refractivity contribution in [3.63, 3.8) is 0 Å². The number of nitrogens with zero attached hydrogens (tertiary/aromatic N) is 1. The van der Waals surface area contributed by atoms with Crippen molar-refractivity contribution in [3.8, 4) is 5.75 Å². The zero-order valence-electron chi connectivity index (χ0n) is 13.0. The van der Waals surface area contributed by atoms with E-state index in [0.29, 0.717) is 19.0 Å². The van der Waals surface area contributed by atoms with Gasteiger partial charge in [0.05, 0.1) is 12.9 Å². The van der Waals surface area contributed by atoms with Gasteiger partial charge in [0.2, 0.25) is 10.0 Å². The third-order valence-corrected chi connectivity index (χ3v) is 6.45. The Bertz CT molecular complexity index is 759. The third kappa shape index (κ3) is 2.73. The number of hydrogen-bond donors (Lipinski definition) is 1. The van der Waals surface area contributed by atoms with Crippen molar-refractivity contribution >= 4 is 20.9 Å². The van der Waals surface area contributed by atoms with Crippen molar-refractivity contribution in [2.24, 2.45) is 0 Å². The lowest BCUT2D eigenvalue weighted by atomic mass is 9.90. The maximum atomic E-state index is 11.9. The molecule has 5 nitrogen and oxygen atoms in total. The second kappa shape index (κ2) is 5.93. The van der Waals surface area contributed by atoms with Gasteiger partial charge in [0, 0.05) is 30.2 Å². The van der Waals surface area contributed by atoms with Gasteiger partial charge in [-0.05, 0) is 49.4 Å². The van der Waals surface area contributed by atoms with Gasteiger partial charge in [-0.3, -0.25) is 0 Å². The molecule has 1 fully saturated rings. The summed E-state index contributed by atoms with van der Waals surface area (Å²) in [4.78, 5) is 3.30. The molecule has 120 valence electrons. The Hall–Kier alpha value is -1.53. The number of nitrogens with one attached hydrogen (secondary N) is 1. The highest BCUT2D eigenvalue weighted by Crippen LogP contribution is 2.35. The monoisotopic (exact) mass is 322 g/mol. The molecular weight excluding hydrogens is 300 g/mol. The van der Waals surface area contributed by atoms with Crippen LogP contribution >= 0.6 is 0 Å². The highest BCUT2D eigenvalue weighted by atomic mass is 32.2. The van der Waals surface area contributed by atoms with E-state index in [9.17, 15) is 8.42 Å². The summed E-state index contributed by atoms with van der Waals surface area (Å²) in [5.41, 5.74) is 2.36. The van der Waals surface area contributed by atoms with Crippen LogP contribution in [-0.2, 0) is 10.0 Å². The van der Waals surface area contributed by atoms with Crippen molar-refractivity contribution in [2.45, 2.75) is 25.7 Å². The van der Waals surface area contributed by atoms with E-state index in [1.807, 2.05) is 12.1 Å². The average Bonchev–Trinajstić information content (AvgIpc) is 2.97. The summed E-state index contributed by atoms with van der Waals surface area (Å²) in [6, 6.07) is 6.02. The number of aromatic nitrogens is 1. The van der Waals surface area contributed by atoms with E-state index in [1.165, 1.54) is 10.9 Å². The van der Waals surface area contributed by atoms with Gasteiger partial charge in [0.1, 0.15) is 5.75 Å². The fourth-order valence-corrected chi connectivity index (χ4v) is 4.35. The number of methoxy groups -OCH3 is 1. The molecule has 1 aliphatic heterocycles. The molecule has 3 rings (SSSR count). The molecule has 0 amide bonds. The smallest absolute Gasteiger partial charge is 0.213 e. The van der Waals surface area contributed by atoms with E-state index in [-0.39, 0.29) is 5.75 Å². The maximum absolute atomic E-state index is 11.9. The predicted octanol–water partition coefficient (Wildman–Crippen LogP) is 2.71. The second-order valence-corrected chi connectivity index (χ2v) is 7.99. The standard InChI is InChI=1S/C16H22N2O3S/c1-3-22(19,20)18-8-6-12(7-9-18)15-11-17-16-5-4-13(21-2)10-14(15)16/h4-5,10-12,17H,3,6-9H2,1-2H3. The molecule has 0 radical (unpaired) electrons. The molecule has 0 aliphatic carbocycles. The van der Waals surface area contributed by atoms with Crippen LogP contribution in [0.15, 0.2) is 24.4 Å². The summed E-state index contributed by atoms with van der Waals surface area (Å²) in [6.07, 6.45) is 3.78. The summed E-state index contributed by atoms with van der Waals surface area (Å²) in [5, 5.41) is 1.18. The number of benzene rings is 1. The van der Waals surface area contributed by atoms with Gasteiger partial charge in [-0.15, -0.1) is 0 Å². The van der Waals surface area contributed by atoms with E-state index in [4.69, 9.17) is 4.74 Å². The summed E-state index contributed by atoms with van der Waals surface area (Å²) >= 11 is 0. The third-order valence-electron chi connectivity index (χ3n) is 4.57. The first-order valence-electron chi connectivity index (χ1n) is 7.68. The highest BCUT2D eigenvalue weighted by Gasteiger charge is 2.28. The molecule has 0 unspecified atom stereocenters. The van der Waals surface area contributed by atoms with Crippen LogP contribution in [0.5, 0.6) is 5.75 Å². The summed E-state index contributed by atoms with van der Waals surface area (Å²) in [7, 11) is -1.39. The zero-order chi connectivity index (χ0) is 15.7. The molecule has 2 heterocycles. The summed E-state index contributed by atoms with van der Waals surface area (Å²) in [5.74, 6) is 1.42. The number of aromatic amines is 1. The molecule has 1 aromatic carbocycles. The molecule has 2 aromatic rings. The Morgan fingerprint density at radius 1 is 1.32 bits per heavy atom. The van der Waals surface area contributed by atoms with Gasteiger partial charge < -0.3 is 9.72 Å². The highest BCUT2D eigenvalue weighted by molar-refractivity contribution is 7.89. The van der Waals surface area contributed by atoms with Crippen LogP contribution in [-0.4, -0.2) is 43.7 Å². The number of hydrogen-bond acceptors (Lipinski definition) is 3. The van der Waals surface area contributed by atoms with Crippen molar-refractivity contribution in [3.05, 3.63) is 30.0 Å². The van der Waals surface area contributed by atoms with Crippen molar-refractivity contribution in [2.75, 3.05) is 26.0 Å². The Balaban J connectivity index is 1.82. The number of fused-ring (bicyclic) bond motifs is 1. The van der Waals surface area contributed by atoms with Gasteiger partial charge in [-0.1, -0.05) is 0 Å². The number of ether oxygens (including phenoxy) is 1. The van der Waals surface area contributed by atoms with Gasteiger partial charge >= 0.3 is 0 Å². The van der Waals surface area contributed by atoms with Crippen LogP contribution < -0.4 is 4.74 Å². The number of H-pyrrole nitrogens is 1. The molecule has 22 heavy (non-hydrogen) atoms. The molecule has 0 spiro atoms. The average molecular weight is 322 g/mol. The first kappa shape index (κ1) is 15.4. The topological polar surface area (TPSA) is 62.4 Å². The fraction of sp³-hybridized carbons (Fsp3) is 0.500. The number of sulfonamides is 1. The minimum Gasteiger partial charge on any atom is -0.497 e. The molecule has 0 bridgehead atoms. The molecule has 0 atom stereocenters. The number of rotatable bonds is 4. The van der Waals surface area contributed by atoms with Crippen LogP contribution in [0.3, 0.4) is 0 Å². The Morgan fingerprint density at radius 3 is 2.68 bits per heavy atom. The lowest BCUT2D eigenvalue weighted by Gasteiger charge is -2.30. The molecule has 1 saturated heterocycles. The first-order chi connectivity index (χ1) is 10.5. The van der Waals surface area contributed by atoms with Crippen molar-refractivity contribution in [1.29, 1.82) is 0 Å². The summed E-state index contributed by atoms with van der Waals surface area (Å²) < 4.78 is 30.8. The van der Waals surface area contributed by atoms with E-state index >= 15 is 0 Å². The summed E-state index contributed by atoms with van der Waals surface area (Å²) in [6.45, 7) is 2.92. The van der Waals surface area contributed by atoms with Gasteiger partial charge in [0.15, 0.2) is 0 Å². The largest absolute Gasteiger partial charge is 0.497 e. The normalized spacial score (nSPS) is 17.9. The van der Waals surface area contributed by atoms with Crippen LogP contribution in [0.4, 0.5) is 0 Å². The van der Waals surface area contributed by atoms with E-state index in [2.05, 4.69) is 17.2 Å². The van der Waals surface area contributed by atoms with Crippen LogP contribution in [0, 0.1) is 0 Å². The maximum Gasteiger partial charge on any atom is 0.213 e. The van der Waals surface area contributed by atoms with E-state index < -0.39 is 10.0 Å². The molecule has 6 heteroatoms. The van der Waals surface area contributed by atoms with Crippen LogP contribution in [0.1, 0.15) is 31.2 Å². The van der Waals surface area contributed by atoms with E-state index in [1.54, 1.807) is 18.3 Å². The second-order valence-electron chi connectivity index (χ2n) is 5.73. The van der Waals surface area contributed by atoms with E-state index in [0.717, 1.165) is 24.1 Å². The Kier molecular flexibility index (Phi) is 4.14. The molecular formula is C16H22N2O3S. The SMILES string of the molecule is CCS(=O)(=O)N1CCC(c2c[nH]c3ccc(OC)cc23)CC1. The molecule has 1 aliphatic rings. The fourth-order valence-electron chi connectivity index (χ4n) is 3.21. The van der Waals surface area contributed by atoms with Crippen molar-refractivity contribution in [1.82, 2.24) is 9.29 Å². The van der Waals surface area contributed by atoms with Crippen LogP contribution in [0.2, 0.25) is 0 Å². The van der Waals surface area contributed by atoms with Crippen LogP contribution in [0.25, 0.3) is 10.9 Å². The Morgan fingerprint density at radius 2 is 2.05 bits per heavy atom. The van der Waals surface area contributed by atoms with Gasteiger partial charge in [-0.2, -0.15) is 0 Å². The molecule has 1 N–H and O–H groups in total. The Labute approximate surface area is 131 Å². The minimum atomic E-state index is -3.06. The quantitative estimate of drug-likeness (QED) is 0.941. The van der Waals surface area contributed by atoms with Gasteiger partial charge in [0.25, 0.3) is 0 Å². The number of piperidine rings is 1. The van der Waals surface area contributed by atoms with Gasteiger partial charge in [-0.25, -0.2) is 12.7 Å². The first-order valence-corrected chi connectivity index (χ1v) is 9.29. The predicted molar refractivity (Wildman–Crippen MR) is 87.9 cm³/mol. The lowest BCUT2D eigenvalue weighted by molar-refractivity contribution is 0.321. The lowest BCUT2D eigenvalue weighted by Crippen LogP contribution is -2.38. The molecule has 0 saturated carbocycles. The van der Waals surface area contributed by atoms with Crippen molar-refractivity contribution < 1.29 is 13.2 Å². The molecule has 1 aromatic heterocycles.